The largest absolute Gasteiger partial charge is 0.363 e. The second kappa shape index (κ2) is 6.48. The summed E-state index contributed by atoms with van der Waals surface area (Å²) in [4.78, 5) is 5.52. The Labute approximate surface area is 136 Å². The van der Waals surface area contributed by atoms with Crippen molar-refractivity contribution in [3.63, 3.8) is 0 Å². The van der Waals surface area contributed by atoms with Gasteiger partial charge in [0, 0.05) is 22.5 Å². The van der Waals surface area contributed by atoms with Gasteiger partial charge in [-0.15, -0.1) is 11.8 Å². The molecule has 3 rings (SSSR count). The minimum absolute atomic E-state index is 0.0989. The number of rotatable bonds is 6. The van der Waals surface area contributed by atoms with Gasteiger partial charge in [0.2, 0.25) is 0 Å². The fourth-order valence-corrected chi connectivity index (χ4v) is 3.34. The number of benzene rings is 1. The molecule has 1 saturated heterocycles. The molecule has 1 aromatic heterocycles. The molecule has 0 amide bonds. The van der Waals surface area contributed by atoms with Crippen molar-refractivity contribution in [2.45, 2.75) is 29.8 Å². The van der Waals surface area contributed by atoms with Gasteiger partial charge in [-0.3, -0.25) is 0 Å². The van der Waals surface area contributed by atoms with Crippen LogP contribution in [0.3, 0.4) is 0 Å². The van der Waals surface area contributed by atoms with Crippen LogP contribution >= 0.6 is 27.7 Å². The molecule has 1 aliphatic rings. The minimum atomic E-state index is -0.0989. The molecule has 1 aliphatic heterocycles. The second-order valence-corrected chi connectivity index (χ2v) is 7.04. The van der Waals surface area contributed by atoms with Crippen LogP contribution in [0.25, 0.3) is 0 Å². The van der Waals surface area contributed by atoms with Gasteiger partial charge in [0.1, 0.15) is 6.61 Å². The molecule has 0 saturated carbocycles. The first kappa shape index (κ1) is 15.0. The molecule has 21 heavy (non-hydrogen) atoms. The zero-order valence-corrected chi connectivity index (χ0v) is 14.0. The van der Waals surface area contributed by atoms with E-state index in [0.29, 0.717) is 24.1 Å². The van der Waals surface area contributed by atoms with E-state index in [1.54, 1.807) is 11.8 Å². The lowest BCUT2D eigenvalue weighted by Crippen LogP contribution is -2.58. The number of nitrogens with one attached hydrogen (secondary N) is 1. The first-order chi connectivity index (χ1) is 10.1. The molecule has 1 N–H and O–H groups in total. The van der Waals surface area contributed by atoms with E-state index in [2.05, 4.69) is 44.4 Å². The number of hydrogen-bond acceptors (Lipinski definition) is 6. The van der Waals surface area contributed by atoms with Gasteiger partial charge in [-0.05, 0) is 35.0 Å². The highest BCUT2D eigenvalue weighted by atomic mass is 79.9. The van der Waals surface area contributed by atoms with Crippen molar-refractivity contribution < 1.29 is 9.26 Å². The summed E-state index contributed by atoms with van der Waals surface area (Å²) >= 11 is 5.20. The van der Waals surface area contributed by atoms with Crippen LogP contribution in [0.5, 0.6) is 0 Å². The van der Waals surface area contributed by atoms with Gasteiger partial charge in [0.15, 0.2) is 5.82 Å². The number of aromatic nitrogens is 2. The zero-order chi connectivity index (χ0) is 14.7. The average molecular weight is 370 g/mol. The van der Waals surface area contributed by atoms with Crippen molar-refractivity contribution in [1.82, 2.24) is 15.5 Å². The molecule has 5 nitrogen and oxygen atoms in total. The first-order valence-corrected chi connectivity index (χ1v) is 8.46. The normalized spacial score (nSPS) is 16.7. The highest BCUT2D eigenvalue weighted by Crippen LogP contribution is 2.29. The van der Waals surface area contributed by atoms with E-state index in [0.717, 1.165) is 22.5 Å². The van der Waals surface area contributed by atoms with Gasteiger partial charge >= 0.3 is 0 Å². The smallest absolute Gasteiger partial charge is 0.252 e. The lowest BCUT2D eigenvalue weighted by Gasteiger charge is -2.38. The van der Waals surface area contributed by atoms with Crippen molar-refractivity contribution in [2.75, 3.05) is 13.1 Å². The lowest BCUT2D eigenvalue weighted by atomic mass is 10.0. The van der Waals surface area contributed by atoms with Crippen LogP contribution in [0.1, 0.15) is 18.6 Å². The number of halogens is 1. The van der Waals surface area contributed by atoms with Gasteiger partial charge in [-0.2, -0.15) is 4.98 Å². The Morgan fingerprint density at radius 1 is 1.43 bits per heavy atom. The fourth-order valence-electron chi connectivity index (χ4n) is 1.93. The summed E-state index contributed by atoms with van der Waals surface area (Å²) in [7, 11) is 0. The van der Waals surface area contributed by atoms with E-state index < -0.39 is 0 Å². The summed E-state index contributed by atoms with van der Waals surface area (Å²) in [6.07, 6.45) is 0. The maximum atomic E-state index is 5.77. The predicted molar refractivity (Wildman–Crippen MR) is 84.1 cm³/mol. The van der Waals surface area contributed by atoms with Gasteiger partial charge in [0.05, 0.1) is 11.4 Å². The molecule has 7 heteroatoms. The van der Waals surface area contributed by atoms with E-state index in [4.69, 9.17) is 9.26 Å². The highest BCUT2D eigenvalue weighted by Gasteiger charge is 2.32. The average Bonchev–Trinajstić information content (AvgIpc) is 2.90. The number of hydrogen-bond donors (Lipinski definition) is 1. The standard InChI is InChI=1S/C14H16BrN3O2S/c1-14(8-16-9-14)19-6-13-17-12(18-20-13)7-21-11-5-3-2-4-10(11)15/h2-5,16H,6-9H2,1H3. The summed E-state index contributed by atoms with van der Waals surface area (Å²) < 4.78 is 12.1. The zero-order valence-electron chi connectivity index (χ0n) is 11.6. The Kier molecular flexibility index (Phi) is 4.63. The van der Waals surface area contributed by atoms with E-state index in [9.17, 15) is 0 Å². The molecule has 1 aromatic carbocycles. The molecule has 0 atom stereocenters. The maximum absolute atomic E-state index is 5.77. The number of ether oxygens (including phenoxy) is 1. The molecule has 112 valence electrons. The van der Waals surface area contributed by atoms with Crippen LogP contribution in [0.15, 0.2) is 38.2 Å². The van der Waals surface area contributed by atoms with E-state index in [1.165, 1.54) is 0 Å². The first-order valence-electron chi connectivity index (χ1n) is 6.68. The third-order valence-electron chi connectivity index (χ3n) is 3.25. The van der Waals surface area contributed by atoms with Crippen molar-refractivity contribution >= 4 is 27.7 Å². The molecule has 0 aliphatic carbocycles. The summed E-state index contributed by atoms with van der Waals surface area (Å²) in [5.74, 6) is 1.89. The topological polar surface area (TPSA) is 60.2 Å². The molecular formula is C14H16BrN3O2S. The van der Waals surface area contributed by atoms with Crippen molar-refractivity contribution in [3.05, 3.63) is 40.5 Å². The summed E-state index contributed by atoms with van der Waals surface area (Å²) in [5.41, 5.74) is -0.0989. The summed E-state index contributed by atoms with van der Waals surface area (Å²) in [6, 6.07) is 8.08. The molecule has 0 spiro atoms. The van der Waals surface area contributed by atoms with E-state index >= 15 is 0 Å². The molecular weight excluding hydrogens is 354 g/mol. The molecule has 0 radical (unpaired) electrons. The molecule has 2 heterocycles. The van der Waals surface area contributed by atoms with Crippen LogP contribution in [0.2, 0.25) is 0 Å². The van der Waals surface area contributed by atoms with Crippen LogP contribution in [-0.4, -0.2) is 28.8 Å². The van der Waals surface area contributed by atoms with Crippen molar-refractivity contribution in [2.24, 2.45) is 0 Å². The summed E-state index contributed by atoms with van der Waals surface area (Å²) in [6.45, 7) is 4.17. The van der Waals surface area contributed by atoms with Crippen LogP contribution in [-0.2, 0) is 17.1 Å². The summed E-state index contributed by atoms with van der Waals surface area (Å²) in [5, 5.41) is 7.18. The third-order valence-corrected chi connectivity index (χ3v) is 5.27. The Bertz CT molecular complexity index is 616. The van der Waals surface area contributed by atoms with E-state index in [-0.39, 0.29) is 5.60 Å². The van der Waals surface area contributed by atoms with E-state index in [1.807, 2.05) is 18.2 Å². The second-order valence-electron chi connectivity index (χ2n) is 5.17. The van der Waals surface area contributed by atoms with Gasteiger partial charge in [-0.1, -0.05) is 17.3 Å². The Morgan fingerprint density at radius 2 is 2.24 bits per heavy atom. The van der Waals surface area contributed by atoms with Crippen LogP contribution < -0.4 is 5.32 Å². The number of nitrogens with zero attached hydrogens (tertiary/aromatic N) is 2. The number of thioether (sulfide) groups is 1. The SMILES string of the molecule is CC1(OCc2nc(CSc3ccccc3Br)no2)CNC1. The molecule has 0 unspecified atom stereocenters. The van der Waals surface area contributed by atoms with Gasteiger partial charge in [-0.25, -0.2) is 0 Å². The van der Waals surface area contributed by atoms with Crippen LogP contribution in [0.4, 0.5) is 0 Å². The Hall–Kier alpha value is -0.890. The molecule has 1 fully saturated rings. The Balaban J connectivity index is 1.52. The van der Waals surface area contributed by atoms with Gasteiger partial charge < -0.3 is 14.6 Å². The monoisotopic (exact) mass is 369 g/mol. The third kappa shape index (κ3) is 3.85. The predicted octanol–water partition coefficient (Wildman–Crippen LogP) is 3.00. The Morgan fingerprint density at radius 3 is 2.95 bits per heavy atom. The van der Waals surface area contributed by atoms with Gasteiger partial charge in [0.25, 0.3) is 5.89 Å². The van der Waals surface area contributed by atoms with Crippen LogP contribution in [0, 0.1) is 0 Å². The lowest BCUT2D eigenvalue weighted by molar-refractivity contribution is -0.0841. The molecule has 0 bridgehead atoms. The fraction of sp³-hybridized carbons (Fsp3) is 0.429. The maximum Gasteiger partial charge on any atom is 0.252 e. The van der Waals surface area contributed by atoms with Crippen molar-refractivity contribution in [1.29, 1.82) is 0 Å². The van der Waals surface area contributed by atoms with Crippen molar-refractivity contribution in [3.8, 4) is 0 Å². The highest BCUT2D eigenvalue weighted by molar-refractivity contribution is 9.10. The molecule has 2 aromatic rings. The minimum Gasteiger partial charge on any atom is -0.363 e. The quantitative estimate of drug-likeness (QED) is 0.789.